The number of aromatic nitrogens is 3. The van der Waals surface area contributed by atoms with Gasteiger partial charge in [-0.15, -0.1) is 4.98 Å². The van der Waals surface area contributed by atoms with Gasteiger partial charge in [0.15, 0.2) is 0 Å². The smallest absolute Gasteiger partial charge is 0.329 e. The average Bonchev–Trinajstić information content (AvgIpc) is 2.31. The zero-order chi connectivity index (χ0) is 12.3. The molecule has 0 aliphatic rings. The zero-order valence-corrected chi connectivity index (χ0v) is 9.48. The Morgan fingerprint density at radius 2 is 1.71 bits per heavy atom. The van der Waals surface area contributed by atoms with Crippen molar-refractivity contribution < 1.29 is 13.9 Å². The van der Waals surface area contributed by atoms with Gasteiger partial charge < -0.3 is 9.47 Å². The van der Waals surface area contributed by atoms with Crippen molar-refractivity contribution in [3.8, 4) is 17.8 Å². The summed E-state index contributed by atoms with van der Waals surface area (Å²) in [7, 11) is 1.40. The molecular weight excluding hydrogens is 249 g/mol. The fraction of sp³-hybridized carbons (Fsp3) is 0.100. The molecule has 2 rings (SSSR count). The minimum atomic E-state index is -0.358. The van der Waals surface area contributed by atoms with Crippen LogP contribution in [0.25, 0.3) is 0 Å². The van der Waals surface area contributed by atoms with Crippen molar-refractivity contribution in [2.24, 2.45) is 0 Å². The molecule has 7 heteroatoms. The second-order valence-electron chi connectivity index (χ2n) is 2.93. The van der Waals surface area contributed by atoms with Crippen LogP contribution in [0.2, 0.25) is 5.28 Å². The highest BCUT2D eigenvalue weighted by Gasteiger charge is 2.07. The van der Waals surface area contributed by atoms with Crippen LogP contribution >= 0.6 is 11.6 Å². The third kappa shape index (κ3) is 3.01. The van der Waals surface area contributed by atoms with Gasteiger partial charge in [0, 0.05) is 0 Å². The molecule has 88 valence electrons. The summed E-state index contributed by atoms with van der Waals surface area (Å²) in [5.41, 5.74) is 0. The first kappa shape index (κ1) is 11.5. The van der Waals surface area contributed by atoms with Crippen LogP contribution < -0.4 is 9.47 Å². The molecule has 1 aromatic heterocycles. The number of hydrogen-bond donors (Lipinski definition) is 0. The molecule has 2 aromatic rings. The molecule has 0 radical (unpaired) electrons. The van der Waals surface area contributed by atoms with Crippen LogP contribution in [0.1, 0.15) is 0 Å². The summed E-state index contributed by atoms with van der Waals surface area (Å²) in [5.74, 6) is 0.0272. The number of hydrogen-bond acceptors (Lipinski definition) is 5. The van der Waals surface area contributed by atoms with E-state index in [0.717, 1.165) is 0 Å². The molecule has 17 heavy (non-hydrogen) atoms. The van der Waals surface area contributed by atoms with Gasteiger partial charge >= 0.3 is 12.0 Å². The maximum Gasteiger partial charge on any atom is 0.329 e. The van der Waals surface area contributed by atoms with E-state index in [9.17, 15) is 4.39 Å². The Labute approximate surface area is 101 Å². The van der Waals surface area contributed by atoms with E-state index in [2.05, 4.69) is 15.0 Å². The molecule has 0 aliphatic heterocycles. The maximum absolute atomic E-state index is 12.7. The van der Waals surface area contributed by atoms with Gasteiger partial charge in [0.25, 0.3) is 0 Å². The van der Waals surface area contributed by atoms with Gasteiger partial charge in [0.1, 0.15) is 11.6 Å². The minimum absolute atomic E-state index is 0.0199. The Morgan fingerprint density at radius 1 is 1.06 bits per heavy atom. The van der Waals surface area contributed by atoms with Gasteiger partial charge in [-0.1, -0.05) is 0 Å². The molecular formula is C10H7ClFN3O2. The molecule has 1 aromatic carbocycles. The minimum Gasteiger partial charge on any atom is -0.467 e. The Hall–Kier alpha value is -1.95. The van der Waals surface area contributed by atoms with Crippen molar-refractivity contribution in [1.82, 2.24) is 15.0 Å². The highest BCUT2D eigenvalue weighted by atomic mass is 35.5. The van der Waals surface area contributed by atoms with E-state index in [1.807, 2.05) is 0 Å². The summed E-state index contributed by atoms with van der Waals surface area (Å²) in [4.78, 5) is 11.3. The van der Waals surface area contributed by atoms with Crippen molar-refractivity contribution in [2.75, 3.05) is 7.11 Å². The first-order chi connectivity index (χ1) is 8.17. The summed E-state index contributed by atoms with van der Waals surface area (Å²) in [6, 6.07) is 5.43. The lowest BCUT2D eigenvalue weighted by molar-refractivity contribution is 0.359. The second-order valence-corrected chi connectivity index (χ2v) is 3.27. The normalized spacial score (nSPS) is 10.1. The molecule has 0 N–H and O–H groups in total. The molecule has 0 fully saturated rings. The predicted octanol–water partition coefficient (Wildman–Crippen LogP) is 2.46. The SMILES string of the molecule is COc1nc(Cl)nc(Oc2ccc(F)cc2)n1. The molecule has 0 spiro atoms. The second kappa shape index (κ2) is 4.92. The fourth-order valence-corrected chi connectivity index (χ4v) is 1.20. The van der Waals surface area contributed by atoms with Crippen LogP contribution in [0.4, 0.5) is 4.39 Å². The van der Waals surface area contributed by atoms with Gasteiger partial charge in [-0.3, -0.25) is 0 Å². The molecule has 0 bridgehead atoms. The van der Waals surface area contributed by atoms with Crippen molar-refractivity contribution in [2.45, 2.75) is 0 Å². The molecule has 0 amide bonds. The molecule has 0 saturated heterocycles. The Kier molecular flexibility index (Phi) is 3.34. The number of halogens is 2. The first-order valence-corrected chi connectivity index (χ1v) is 4.94. The molecule has 0 saturated carbocycles. The Bertz CT molecular complexity index is 521. The van der Waals surface area contributed by atoms with E-state index in [0.29, 0.717) is 5.75 Å². The molecule has 0 unspecified atom stereocenters. The van der Waals surface area contributed by atoms with E-state index in [1.165, 1.54) is 31.4 Å². The number of ether oxygens (including phenoxy) is 2. The molecule has 5 nitrogen and oxygen atoms in total. The first-order valence-electron chi connectivity index (χ1n) is 4.56. The average molecular weight is 256 g/mol. The number of methoxy groups -OCH3 is 1. The van der Waals surface area contributed by atoms with Crippen LogP contribution in [0.15, 0.2) is 24.3 Å². The highest BCUT2D eigenvalue weighted by molar-refractivity contribution is 6.28. The topological polar surface area (TPSA) is 57.1 Å². The fourth-order valence-electron chi connectivity index (χ4n) is 1.06. The van der Waals surface area contributed by atoms with Gasteiger partial charge in [-0.25, -0.2) is 4.39 Å². The van der Waals surface area contributed by atoms with E-state index in [-0.39, 0.29) is 23.1 Å². The lowest BCUT2D eigenvalue weighted by Crippen LogP contribution is -1.98. The van der Waals surface area contributed by atoms with Crippen molar-refractivity contribution in [3.63, 3.8) is 0 Å². The number of benzene rings is 1. The summed E-state index contributed by atoms with van der Waals surface area (Å²) in [6.07, 6.45) is 0. The van der Waals surface area contributed by atoms with Crippen LogP contribution in [0, 0.1) is 5.82 Å². The number of nitrogens with zero attached hydrogens (tertiary/aromatic N) is 3. The molecule has 0 aliphatic carbocycles. The summed E-state index contributed by atoms with van der Waals surface area (Å²) in [6.45, 7) is 0. The Morgan fingerprint density at radius 3 is 2.35 bits per heavy atom. The number of rotatable bonds is 3. The van der Waals surface area contributed by atoms with Gasteiger partial charge in [-0.2, -0.15) is 9.97 Å². The monoisotopic (exact) mass is 255 g/mol. The van der Waals surface area contributed by atoms with E-state index < -0.39 is 0 Å². The molecule has 0 atom stereocenters. The van der Waals surface area contributed by atoms with Crippen LogP contribution in [0.3, 0.4) is 0 Å². The lowest BCUT2D eigenvalue weighted by Gasteiger charge is -2.04. The van der Waals surface area contributed by atoms with E-state index >= 15 is 0 Å². The van der Waals surface area contributed by atoms with Crippen molar-refractivity contribution in [1.29, 1.82) is 0 Å². The van der Waals surface area contributed by atoms with Gasteiger partial charge in [0.05, 0.1) is 7.11 Å². The summed E-state index contributed by atoms with van der Waals surface area (Å²) in [5, 5.41) is -0.0473. The maximum atomic E-state index is 12.7. The molecule has 1 heterocycles. The summed E-state index contributed by atoms with van der Waals surface area (Å²) < 4.78 is 22.7. The third-order valence-electron chi connectivity index (χ3n) is 1.77. The van der Waals surface area contributed by atoms with Gasteiger partial charge in [-0.05, 0) is 35.9 Å². The predicted molar refractivity (Wildman–Crippen MR) is 57.9 cm³/mol. The van der Waals surface area contributed by atoms with Crippen LogP contribution in [-0.2, 0) is 0 Å². The van der Waals surface area contributed by atoms with Crippen molar-refractivity contribution >= 4 is 11.6 Å². The lowest BCUT2D eigenvalue weighted by atomic mass is 10.3. The zero-order valence-electron chi connectivity index (χ0n) is 8.72. The van der Waals surface area contributed by atoms with Crippen LogP contribution in [-0.4, -0.2) is 22.1 Å². The van der Waals surface area contributed by atoms with Crippen molar-refractivity contribution in [3.05, 3.63) is 35.4 Å². The van der Waals surface area contributed by atoms with E-state index in [1.54, 1.807) is 0 Å². The third-order valence-corrected chi connectivity index (χ3v) is 1.94. The largest absolute Gasteiger partial charge is 0.467 e. The van der Waals surface area contributed by atoms with E-state index in [4.69, 9.17) is 21.1 Å². The van der Waals surface area contributed by atoms with Crippen LogP contribution in [0.5, 0.6) is 17.8 Å². The standard InChI is InChI=1S/C10H7ClFN3O2/c1-16-9-13-8(11)14-10(15-9)17-7-4-2-6(12)3-5-7/h2-5H,1H3. The summed E-state index contributed by atoms with van der Waals surface area (Å²) >= 11 is 5.64. The quantitative estimate of drug-likeness (QED) is 0.843. The van der Waals surface area contributed by atoms with Gasteiger partial charge in [0.2, 0.25) is 5.28 Å². The highest BCUT2D eigenvalue weighted by Crippen LogP contribution is 2.20. The Balaban J connectivity index is 2.23.